The summed E-state index contributed by atoms with van der Waals surface area (Å²) in [6, 6.07) is 10.4. The number of aliphatic hydroxyl groups excluding tert-OH is 1. The molecular formula is C26H34N2O7S2. The summed E-state index contributed by atoms with van der Waals surface area (Å²) in [5.41, 5.74) is 1.47. The van der Waals surface area contributed by atoms with Gasteiger partial charge in [-0.25, -0.2) is 16.8 Å². The second-order valence-corrected chi connectivity index (χ2v) is 13.1. The number of ether oxygens (including phenoxy) is 2. The highest BCUT2D eigenvalue weighted by Crippen LogP contribution is 2.34. The predicted molar refractivity (Wildman–Crippen MR) is 140 cm³/mol. The maximum atomic E-state index is 13.6. The Morgan fingerprint density at radius 1 is 1.24 bits per heavy atom. The maximum absolute atomic E-state index is 13.6. The molecule has 0 aromatic heterocycles. The van der Waals surface area contributed by atoms with E-state index >= 15 is 0 Å². The van der Waals surface area contributed by atoms with Gasteiger partial charge in [0.2, 0.25) is 20.0 Å². The van der Waals surface area contributed by atoms with Crippen LogP contribution in [0.5, 0.6) is 5.75 Å². The van der Waals surface area contributed by atoms with Crippen LogP contribution < -0.4 is 4.74 Å². The van der Waals surface area contributed by atoms with Crippen molar-refractivity contribution in [2.45, 2.75) is 42.7 Å². The Balaban J connectivity index is 2.04. The molecule has 0 saturated carbocycles. The number of hydrogen-bond donors (Lipinski definition) is 1. The van der Waals surface area contributed by atoms with Crippen molar-refractivity contribution in [1.82, 2.24) is 8.61 Å². The molecule has 0 fully saturated rings. The van der Waals surface area contributed by atoms with Crippen molar-refractivity contribution >= 4 is 20.0 Å². The molecule has 9 nitrogen and oxygen atoms in total. The van der Waals surface area contributed by atoms with Gasteiger partial charge in [0, 0.05) is 38.2 Å². The number of hydrogen-bond acceptors (Lipinski definition) is 7. The van der Waals surface area contributed by atoms with E-state index in [1.54, 1.807) is 44.2 Å². The van der Waals surface area contributed by atoms with Gasteiger partial charge >= 0.3 is 0 Å². The third-order valence-corrected chi connectivity index (χ3v) is 10.1. The highest BCUT2D eigenvalue weighted by Gasteiger charge is 2.39. The molecule has 1 N–H and O–H groups in total. The van der Waals surface area contributed by atoms with Gasteiger partial charge in [-0.2, -0.15) is 8.61 Å². The first kappa shape index (κ1) is 29.1. The molecular weight excluding hydrogens is 516 g/mol. The molecule has 37 heavy (non-hydrogen) atoms. The quantitative estimate of drug-likeness (QED) is 0.525. The molecule has 1 heterocycles. The summed E-state index contributed by atoms with van der Waals surface area (Å²) in [5.74, 6) is 5.41. The molecule has 0 saturated heterocycles. The fourth-order valence-electron chi connectivity index (χ4n) is 3.97. The van der Waals surface area contributed by atoms with Gasteiger partial charge in [-0.3, -0.25) is 0 Å². The van der Waals surface area contributed by atoms with Crippen molar-refractivity contribution in [2.24, 2.45) is 5.92 Å². The Labute approximate surface area is 220 Å². The maximum Gasteiger partial charge on any atom is 0.247 e. The molecule has 0 unspecified atom stereocenters. The minimum atomic E-state index is -4.01. The fraction of sp³-hybridized carbons (Fsp3) is 0.462. The Morgan fingerprint density at radius 2 is 1.92 bits per heavy atom. The van der Waals surface area contributed by atoms with Crippen LogP contribution in [-0.2, 0) is 24.8 Å². The Bertz CT molecular complexity index is 1360. The summed E-state index contributed by atoms with van der Waals surface area (Å²) in [4.78, 5) is 0.0966. The molecule has 1 aliphatic rings. The lowest BCUT2D eigenvalue weighted by Gasteiger charge is -2.37. The molecule has 11 heteroatoms. The first-order valence-corrected chi connectivity index (χ1v) is 14.7. The number of aryl methyl sites for hydroxylation is 1. The van der Waals surface area contributed by atoms with E-state index < -0.39 is 38.1 Å². The topological polar surface area (TPSA) is 113 Å². The van der Waals surface area contributed by atoms with Gasteiger partial charge in [-0.05, 0) is 44.2 Å². The molecule has 0 aliphatic carbocycles. The lowest BCUT2D eigenvalue weighted by atomic mass is 10.0. The van der Waals surface area contributed by atoms with E-state index in [0.717, 1.165) is 5.56 Å². The highest BCUT2D eigenvalue weighted by molar-refractivity contribution is 7.89. The summed E-state index contributed by atoms with van der Waals surface area (Å²) >= 11 is 0. The second kappa shape index (κ2) is 11.9. The predicted octanol–water partition coefficient (Wildman–Crippen LogP) is 2.08. The molecule has 0 spiro atoms. The van der Waals surface area contributed by atoms with Crippen molar-refractivity contribution in [3.63, 3.8) is 0 Å². The van der Waals surface area contributed by atoms with Crippen LogP contribution in [0.3, 0.4) is 0 Å². The molecule has 1 aliphatic heterocycles. The zero-order chi connectivity index (χ0) is 27.4. The van der Waals surface area contributed by atoms with Crippen molar-refractivity contribution in [3.05, 3.63) is 53.6 Å². The number of methoxy groups -OCH3 is 1. The van der Waals surface area contributed by atoms with Gasteiger partial charge in [0.05, 0.1) is 18.0 Å². The Morgan fingerprint density at radius 3 is 2.54 bits per heavy atom. The molecule has 2 aromatic rings. The number of fused-ring (bicyclic) bond motifs is 1. The van der Waals surface area contributed by atoms with Crippen LogP contribution in [0.1, 0.15) is 25.0 Å². The smallest absolute Gasteiger partial charge is 0.247 e. The average Bonchev–Trinajstić information content (AvgIpc) is 2.86. The van der Waals surface area contributed by atoms with E-state index in [0.29, 0.717) is 5.56 Å². The molecule has 0 bridgehead atoms. The van der Waals surface area contributed by atoms with Crippen LogP contribution >= 0.6 is 0 Å². The van der Waals surface area contributed by atoms with Crippen LogP contribution in [0, 0.1) is 24.7 Å². The first-order valence-electron chi connectivity index (χ1n) is 11.9. The SMILES string of the molecule is COCC#Cc1ccc2c(c1)O[C@H](CN(C)S(=O)(=O)c1ccc(C)cc1)[C@@H](C)CN([C@@H](C)CO)S2(=O)=O. The van der Waals surface area contributed by atoms with Gasteiger partial charge < -0.3 is 14.6 Å². The minimum Gasteiger partial charge on any atom is -0.487 e. The lowest BCUT2D eigenvalue weighted by molar-refractivity contribution is 0.0904. The van der Waals surface area contributed by atoms with E-state index in [4.69, 9.17) is 9.47 Å². The van der Waals surface area contributed by atoms with E-state index in [-0.39, 0.29) is 41.8 Å². The average molecular weight is 551 g/mol. The first-order chi connectivity index (χ1) is 17.4. The zero-order valence-electron chi connectivity index (χ0n) is 21.7. The number of likely N-dealkylation sites (N-methyl/N-ethyl adjacent to an activating group) is 1. The monoisotopic (exact) mass is 550 g/mol. The number of aliphatic hydroxyl groups is 1. The van der Waals surface area contributed by atoms with Crippen molar-refractivity contribution in [3.8, 4) is 17.6 Å². The summed E-state index contributed by atoms with van der Waals surface area (Å²) < 4.78 is 67.3. The second-order valence-electron chi connectivity index (χ2n) is 9.23. The molecule has 2 aromatic carbocycles. The van der Waals surface area contributed by atoms with E-state index in [9.17, 15) is 21.9 Å². The van der Waals surface area contributed by atoms with Crippen LogP contribution in [0.4, 0.5) is 0 Å². The summed E-state index contributed by atoms with van der Waals surface area (Å²) in [7, 11) is -4.83. The summed E-state index contributed by atoms with van der Waals surface area (Å²) in [5, 5.41) is 9.79. The molecule has 3 rings (SSSR count). The Hall–Kier alpha value is -2.46. The van der Waals surface area contributed by atoms with Gasteiger partial charge in [0.15, 0.2) is 0 Å². The van der Waals surface area contributed by atoms with Crippen LogP contribution in [-0.4, -0.2) is 83.2 Å². The fourth-order valence-corrected chi connectivity index (χ4v) is 6.98. The number of nitrogens with zero attached hydrogens (tertiary/aromatic N) is 2. The van der Waals surface area contributed by atoms with E-state index in [2.05, 4.69) is 11.8 Å². The van der Waals surface area contributed by atoms with E-state index in [1.165, 1.54) is 34.9 Å². The molecule has 3 atom stereocenters. The largest absolute Gasteiger partial charge is 0.487 e. The summed E-state index contributed by atoms with van der Waals surface area (Å²) in [6.07, 6.45) is -0.685. The molecule has 0 radical (unpaired) electrons. The van der Waals surface area contributed by atoms with Crippen molar-refractivity contribution in [2.75, 3.05) is 40.5 Å². The Kier molecular flexibility index (Phi) is 9.39. The number of rotatable bonds is 7. The van der Waals surface area contributed by atoms with Crippen molar-refractivity contribution < 1.29 is 31.4 Å². The number of sulfonamides is 2. The third kappa shape index (κ3) is 6.52. The van der Waals surface area contributed by atoms with Gasteiger partial charge in [-0.1, -0.05) is 36.5 Å². The van der Waals surface area contributed by atoms with Crippen molar-refractivity contribution in [1.29, 1.82) is 0 Å². The molecule has 0 amide bonds. The highest BCUT2D eigenvalue weighted by atomic mass is 32.2. The van der Waals surface area contributed by atoms with Crippen LogP contribution in [0.25, 0.3) is 0 Å². The molecule has 202 valence electrons. The van der Waals surface area contributed by atoms with Crippen LogP contribution in [0.2, 0.25) is 0 Å². The van der Waals surface area contributed by atoms with Gasteiger partial charge in [-0.15, -0.1) is 0 Å². The normalized spacial score (nSPS) is 20.6. The third-order valence-electron chi connectivity index (χ3n) is 6.28. The minimum absolute atomic E-state index is 0.0161. The summed E-state index contributed by atoms with van der Waals surface area (Å²) in [6.45, 7) is 5.17. The zero-order valence-corrected chi connectivity index (χ0v) is 23.3. The van der Waals surface area contributed by atoms with Gasteiger partial charge in [0.1, 0.15) is 23.4 Å². The van der Waals surface area contributed by atoms with Crippen LogP contribution in [0.15, 0.2) is 52.3 Å². The van der Waals surface area contributed by atoms with Gasteiger partial charge in [0.25, 0.3) is 0 Å². The lowest BCUT2D eigenvalue weighted by Crippen LogP contribution is -2.50. The standard InChI is InChI=1S/C26H34N2O7S2/c1-19-8-11-23(12-9-19)36(30,31)27(4)17-25-20(2)16-28(21(3)18-29)37(32,33)26-13-10-22(7-6-14-34-5)15-24(26)35-25/h8-13,15,20-21,25,29H,14,16-18H2,1-5H3/t20-,21-,25+/m0/s1. The van der Waals surface area contributed by atoms with E-state index in [1.807, 2.05) is 6.92 Å². The number of benzene rings is 2.